The van der Waals surface area contributed by atoms with Gasteiger partial charge in [0.15, 0.2) is 0 Å². The molecule has 0 spiro atoms. The van der Waals surface area contributed by atoms with Crippen molar-refractivity contribution in [2.45, 2.75) is 12.8 Å². The summed E-state index contributed by atoms with van der Waals surface area (Å²) in [5, 5.41) is 1.12. The minimum Gasteiger partial charge on any atom is -0.368 e. The smallest absolute Gasteiger partial charge is 0.223 e. The van der Waals surface area contributed by atoms with Crippen molar-refractivity contribution in [2.75, 3.05) is 31.1 Å². The molecule has 6 heteroatoms. The summed E-state index contributed by atoms with van der Waals surface area (Å²) in [6.45, 7) is 3.07. The molecule has 24 heavy (non-hydrogen) atoms. The van der Waals surface area contributed by atoms with Crippen LogP contribution in [0.15, 0.2) is 42.7 Å². The van der Waals surface area contributed by atoms with Gasteiger partial charge in [0.25, 0.3) is 0 Å². The number of carbonyl (C=O) groups is 1. The normalized spacial score (nSPS) is 14.8. The molecule has 0 radical (unpaired) electrons. The van der Waals surface area contributed by atoms with Gasteiger partial charge in [-0.3, -0.25) is 9.78 Å². The third-order valence-electron chi connectivity index (χ3n) is 4.28. The van der Waals surface area contributed by atoms with Crippen LogP contribution in [-0.2, 0) is 11.2 Å². The Labute approximate surface area is 152 Å². The molecule has 1 fully saturated rings. The number of anilines is 1. The van der Waals surface area contributed by atoms with E-state index >= 15 is 0 Å². The molecular weight excluding hydrogens is 345 g/mol. The molecule has 0 bridgehead atoms. The number of aromatic nitrogens is 1. The summed E-state index contributed by atoms with van der Waals surface area (Å²) in [5.41, 5.74) is 2.20. The Balaban J connectivity index is 1.51. The molecule has 1 aliphatic rings. The molecule has 0 atom stereocenters. The summed E-state index contributed by atoms with van der Waals surface area (Å²) in [6.07, 6.45) is 4.82. The summed E-state index contributed by atoms with van der Waals surface area (Å²) in [6, 6.07) is 9.57. The van der Waals surface area contributed by atoms with E-state index in [0.29, 0.717) is 16.5 Å². The van der Waals surface area contributed by atoms with E-state index in [0.717, 1.165) is 43.9 Å². The SMILES string of the molecule is O=C(CCc1ccncc1)N1CCN(c2ccc(Cl)c(Cl)c2)CC1. The van der Waals surface area contributed by atoms with Gasteiger partial charge >= 0.3 is 0 Å². The molecule has 0 aliphatic carbocycles. The van der Waals surface area contributed by atoms with Crippen LogP contribution >= 0.6 is 23.2 Å². The predicted molar refractivity (Wildman–Crippen MR) is 97.8 cm³/mol. The number of carbonyl (C=O) groups excluding carboxylic acids is 1. The van der Waals surface area contributed by atoms with Crippen LogP contribution in [0.1, 0.15) is 12.0 Å². The van der Waals surface area contributed by atoms with E-state index in [9.17, 15) is 4.79 Å². The van der Waals surface area contributed by atoms with Gasteiger partial charge in [-0.05, 0) is 42.3 Å². The van der Waals surface area contributed by atoms with Gasteiger partial charge in [-0.2, -0.15) is 0 Å². The molecule has 1 aromatic carbocycles. The molecule has 2 heterocycles. The molecule has 126 valence electrons. The maximum atomic E-state index is 12.4. The Kier molecular flexibility index (Phi) is 5.59. The van der Waals surface area contributed by atoms with Gasteiger partial charge in [0.2, 0.25) is 5.91 Å². The molecule has 0 unspecified atom stereocenters. The predicted octanol–water partition coefficient (Wildman–Crippen LogP) is 3.67. The summed E-state index contributed by atoms with van der Waals surface area (Å²) in [4.78, 5) is 20.5. The van der Waals surface area contributed by atoms with Gasteiger partial charge in [0.1, 0.15) is 0 Å². The molecule has 1 saturated heterocycles. The number of rotatable bonds is 4. The van der Waals surface area contributed by atoms with Gasteiger partial charge in [0, 0.05) is 50.7 Å². The molecule has 0 N–H and O–H groups in total. The molecular formula is C18H19Cl2N3O. The monoisotopic (exact) mass is 363 g/mol. The fraction of sp³-hybridized carbons (Fsp3) is 0.333. The molecule has 1 aromatic heterocycles. The van der Waals surface area contributed by atoms with Crippen LogP contribution in [0, 0.1) is 0 Å². The highest BCUT2D eigenvalue weighted by atomic mass is 35.5. The van der Waals surface area contributed by atoms with Crippen molar-refractivity contribution in [2.24, 2.45) is 0 Å². The third kappa shape index (κ3) is 4.19. The van der Waals surface area contributed by atoms with Crippen molar-refractivity contribution in [1.29, 1.82) is 0 Å². The Bertz CT molecular complexity index is 701. The number of halogens is 2. The van der Waals surface area contributed by atoms with Gasteiger partial charge in [-0.25, -0.2) is 0 Å². The quantitative estimate of drug-likeness (QED) is 0.831. The van der Waals surface area contributed by atoms with Crippen LogP contribution in [-0.4, -0.2) is 42.0 Å². The minimum atomic E-state index is 0.209. The highest BCUT2D eigenvalue weighted by Crippen LogP contribution is 2.27. The van der Waals surface area contributed by atoms with Gasteiger partial charge in [-0.15, -0.1) is 0 Å². The lowest BCUT2D eigenvalue weighted by atomic mass is 10.1. The van der Waals surface area contributed by atoms with E-state index in [1.54, 1.807) is 12.4 Å². The van der Waals surface area contributed by atoms with Crippen LogP contribution < -0.4 is 4.90 Å². The lowest BCUT2D eigenvalue weighted by Gasteiger charge is -2.36. The second-order valence-corrected chi connectivity index (χ2v) is 6.64. The average Bonchev–Trinajstić information content (AvgIpc) is 2.63. The van der Waals surface area contributed by atoms with Crippen LogP contribution in [0.25, 0.3) is 0 Å². The molecule has 3 rings (SSSR count). The van der Waals surface area contributed by atoms with Crippen molar-refractivity contribution in [1.82, 2.24) is 9.88 Å². The Hall–Kier alpha value is -1.78. The molecule has 0 saturated carbocycles. The Morgan fingerprint density at radius 1 is 1.00 bits per heavy atom. The lowest BCUT2D eigenvalue weighted by Crippen LogP contribution is -2.48. The van der Waals surface area contributed by atoms with Crippen molar-refractivity contribution < 1.29 is 4.79 Å². The van der Waals surface area contributed by atoms with Crippen molar-refractivity contribution in [3.63, 3.8) is 0 Å². The van der Waals surface area contributed by atoms with E-state index < -0.39 is 0 Å². The van der Waals surface area contributed by atoms with E-state index in [1.807, 2.05) is 35.2 Å². The largest absolute Gasteiger partial charge is 0.368 e. The lowest BCUT2D eigenvalue weighted by molar-refractivity contribution is -0.131. The minimum absolute atomic E-state index is 0.209. The Morgan fingerprint density at radius 2 is 1.71 bits per heavy atom. The van der Waals surface area contributed by atoms with Crippen LogP contribution in [0.3, 0.4) is 0 Å². The second-order valence-electron chi connectivity index (χ2n) is 5.82. The number of hydrogen-bond acceptors (Lipinski definition) is 3. The summed E-state index contributed by atoms with van der Waals surface area (Å²) in [7, 11) is 0. The number of piperazine rings is 1. The zero-order valence-corrected chi connectivity index (χ0v) is 14.8. The summed E-state index contributed by atoms with van der Waals surface area (Å²) < 4.78 is 0. The van der Waals surface area contributed by atoms with E-state index in [1.165, 1.54) is 0 Å². The summed E-state index contributed by atoms with van der Waals surface area (Å²) >= 11 is 12.0. The maximum absolute atomic E-state index is 12.4. The first-order chi connectivity index (χ1) is 11.6. The van der Waals surface area contributed by atoms with Crippen LogP contribution in [0.2, 0.25) is 10.0 Å². The number of benzene rings is 1. The van der Waals surface area contributed by atoms with E-state index in [4.69, 9.17) is 23.2 Å². The first-order valence-electron chi connectivity index (χ1n) is 8.00. The van der Waals surface area contributed by atoms with Gasteiger partial charge in [0.05, 0.1) is 10.0 Å². The fourth-order valence-corrected chi connectivity index (χ4v) is 3.15. The second kappa shape index (κ2) is 7.86. The van der Waals surface area contributed by atoms with Gasteiger partial charge < -0.3 is 9.80 Å². The number of amides is 1. The molecule has 1 aliphatic heterocycles. The van der Waals surface area contributed by atoms with Crippen molar-refractivity contribution in [3.05, 3.63) is 58.3 Å². The van der Waals surface area contributed by atoms with Crippen LogP contribution in [0.4, 0.5) is 5.69 Å². The highest BCUT2D eigenvalue weighted by molar-refractivity contribution is 6.42. The number of aryl methyl sites for hydroxylation is 1. The molecule has 4 nitrogen and oxygen atoms in total. The topological polar surface area (TPSA) is 36.4 Å². The zero-order chi connectivity index (χ0) is 16.9. The van der Waals surface area contributed by atoms with E-state index in [-0.39, 0.29) is 5.91 Å². The standard InChI is InChI=1S/C18H19Cl2N3O/c19-16-3-2-15(13-17(16)20)22-9-11-23(12-10-22)18(24)4-1-14-5-7-21-8-6-14/h2-3,5-8,13H,1,4,9-12H2. The first-order valence-corrected chi connectivity index (χ1v) is 8.76. The van der Waals surface area contributed by atoms with Crippen LogP contribution in [0.5, 0.6) is 0 Å². The number of pyridine rings is 1. The number of hydrogen-bond donors (Lipinski definition) is 0. The maximum Gasteiger partial charge on any atom is 0.223 e. The van der Waals surface area contributed by atoms with Gasteiger partial charge in [-0.1, -0.05) is 23.2 Å². The summed E-state index contributed by atoms with van der Waals surface area (Å²) in [5.74, 6) is 0.209. The number of nitrogens with zero attached hydrogens (tertiary/aromatic N) is 3. The highest BCUT2D eigenvalue weighted by Gasteiger charge is 2.21. The third-order valence-corrected chi connectivity index (χ3v) is 5.02. The molecule has 2 aromatic rings. The first kappa shape index (κ1) is 17.1. The molecule has 1 amide bonds. The van der Waals surface area contributed by atoms with Crippen molar-refractivity contribution >= 4 is 34.8 Å². The Morgan fingerprint density at radius 3 is 2.38 bits per heavy atom. The van der Waals surface area contributed by atoms with Crippen molar-refractivity contribution in [3.8, 4) is 0 Å². The average molecular weight is 364 g/mol. The zero-order valence-electron chi connectivity index (χ0n) is 13.3. The van der Waals surface area contributed by atoms with E-state index in [2.05, 4.69) is 9.88 Å². The fourth-order valence-electron chi connectivity index (χ4n) is 2.85.